The standard InChI is InChI=1S/C5H4F8O8S2/c6-2(7,4(10,11)22-21-20-14)18-1-19-3(8,9)5(12,13)23(15,16)17/h14H,1H2,(H,15,16,17)/p-2. The van der Waals surface area contributed by atoms with Gasteiger partial charge in [-0.15, -0.1) is 0 Å². The van der Waals surface area contributed by atoms with Gasteiger partial charge < -0.3 is 9.81 Å². The number of hydrogen-bond donors (Lipinski definition) is 0. The van der Waals surface area contributed by atoms with Gasteiger partial charge in [-0.3, -0.25) is 14.5 Å². The highest BCUT2D eigenvalue weighted by atomic mass is 32.2. The van der Waals surface area contributed by atoms with Crippen LogP contribution < -0.4 is 5.26 Å². The predicted molar refractivity (Wildman–Crippen MR) is 46.3 cm³/mol. The Balaban J connectivity index is 4.88. The van der Waals surface area contributed by atoms with E-state index >= 15 is 0 Å². The maximum Gasteiger partial charge on any atom is 0.435 e. The Morgan fingerprint density at radius 2 is 1.35 bits per heavy atom. The first-order chi connectivity index (χ1) is 10.0. The van der Waals surface area contributed by atoms with Gasteiger partial charge in [0.05, 0.1) is 0 Å². The summed E-state index contributed by atoms with van der Waals surface area (Å²) in [5.74, 6) is 0. The minimum atomic E-state index is -6.99. The van der Waals surface area contributed by atoms with Crippen molar-refractivity contribution < 1.29 is 72.2 Å². The second-order valence-electron chi connectivity index (χ2n) is 3.15. The molecule has 0 spiro atoms. The van der Waals surface area contributed by atoms with E-state index in [2.05, 4.69) is 18.8 Å². The summed E-state index contributed by atoms with van der Waals surface area (Å²) < 4.78 is 139. The highest BCUT2D eigenvalue weighted by Gasteiger charge is 2.65. The Kier molecular flexibility index (Phi) is 7.01. The van der Waals surface area contributed by atoms with Crippen molar-refractivity contribution in [3.05, 3.63) is 0 Å². The normalized spacial score (nSPS) is 15.0. The third-order valence-electron chi connectivity index (χ3n) is 1.64. The minimum absolute atomic E-state index is 1.63. The third kappa shape index (κ3) is 5.24. The quantitative estimate of drug-likeness (QED) is 0.129. The number of hydrogen-bond acceptors (Lipinski definition) is 9. The molecule has 8 nitrogen and oxygen atoms in total. The fourth-order valence-electron chi connectivity index (χ4n) is 0.596. The van der Waals surface area contributed by atoms with Crippen molar-refractivity contribution >= 4 is 22.2 Å². The first-order valence-electron chi connectivity index (χ1n) is 4.41. The van der Waals surface area contributed by atoms with Crippen molar-refractivity contribution in [1.82, 2.24) is 0 Å². The summed E-state index contributed by atoms with van der Waals surface area (Å²) in [5.41, 5.74) is 0. The lowest BCUT2D eigenvalue weighted by atomic mass is 10.6. The molecule has 0 unspecified atom stereocenters. The number of rotatable bonds is 10. The molecule has 0 N–H and O–H groups in total. The zero-order valence-electron chi connectivity index (χ0n) is 9.81. The molecular weight excluding hydrogens is 404 g/mol. The topological polar surface area (TPSA) is 117 Å². The molecular formula is C5H2F8O8S2-2. The van der Waals surface area contributed by atoms with Gasteiger partial charge >= 0.3 is 22.7 Å². The van der Waals surface area contributed by atoms with E-state index in [-0.39, 0.29) is 0 Å². The molecule has 0 atom stereocenters. The summed E-state index contributed by atoms with van der Waals surface area (Å²) in [7, 11) is -6.99. The van der Waals surface area contributed by atoms with Crippen LogP contribution in [0.4, 0.5) is 35.1 Å². The van der Waals surface area contributed by atoms with Gasteiger partial charge in [0.25, 0.3) is 0 Å². The Hall–Kier alpha value is -0.500. The molecule has 0 bridgehead atoms. The van der Waals surface area contributed by atoms with Crippen LogP contribution in [0, 0.1) is 0 Å². The van der Waals surface area contributed by atoms with Crippen molar-refractivity contribution in [3.8, 4) is 0 Å². The Morgan fingerprint density at radius 3 is 1.74 bits per heavy atom. The molecule has 23 heavy (non-hydrogen) atoms. The lowest BCUT2D eigenvalue weighted by Crippen LogP contribution is -2.50. The van der Waals surface area contributed by atoms with Crippen LogP contribution in [0.25, 0.3) is 0 Å². The van der Waals surface area contributed by atoms with Gasteiger partial charge in [-0.2, -0.15) is 39.5 Å². The highest BCUT2D eigenvalue weighted by molar-refractivity contribution is 7.95. The maximum atomic E-state index is 12.7. The van der Waals surface area contributed by atoms with Crippen LogP contribution in [0.5, 0.6) is 0 Å². The van der Waals surface area contributed by atoms with Crippen molar-refractivity contribution in [1.29, 1.82) is 0 Å². The van der Waals surface area contributed by atoms with Gasteiger partial charge in [0.2, 0.25) is 0 Å². The van der Waals surface area contributed by atoms with Crippen molar-refractivity contribution in [2.75, 3.05) is 6.79 Å². The van der Waals surface area contributed by atoms with Gasteiger partial charge in [0.15, 0.2) is 16.9 Å². The predicted octanol–water partition coefficient (Wildman–Crippen LogP) is 0.765. The largest absolute Gasteiger partial charge is 0.743 e. The van der Waals surface area contributed by atoms with E-state index in [1.807, 2.05) is 0 Å². The van der Waals surface area contributed by atoms with Crippen LogP contribution in [0.1, 0.15) is 0 Å². The number of ether oxygens (including phenoxy) is 2. The van der Waals surface area contributed by atoms with Crippen LogP contribution >= 0.6 is 12.0 Å². The second-order valence-corrected chi connectivity index (χ2v) is 5.38. The average molecular weight is 406 g/mol. The summed E-state index contributed by atoms with van der Waals surface area (Å²) in [6, 6.07) is 0. The molecule has 0 aromatic rings. The van der Waals surface area contributed by atoms with Crippen LogP contribution in [-0.2, 0) is 29.0 Å². The van der Waals surface area contributed by atoms with Crippen molar-refractivity contribution in [2.45, 2.75) is 22.7 Å². The van der Waals surface area contributed by atoms with Gasteiger partial charge in [0.1, 0.15) is 12.0 Å². The van der Waals surface area contributed by atoms with E-state index in [0.717, 1.165) is 0 Å². The van der Waals surface area contributed by atoms with Crippen molar-refractivity contribution in [2.24, 2.45) is 0 Å². The van der Waals surface area contributed by atoms with E-state index in [9.17, 15) is 53.4 Å². The first kappa shape index (κ1) is 22.5. The molecule has 0 heterocycles. The Bertz CT molecular complexity index is 495. The summed E-state index contributed by atoms with van der Waals surface area (Å²) >= 11 is -1.63. The molecule has 0 radical (unpaired) electrons. The molecule has 0 rings (SSSR count). The van der Waals surface area contributed by atoms with Crippen LogP contribution in [0.3, 0.4) is 0 Å². The minimum Gasteiger partial charge on any atom is -0.743 e. The SMILES string of the molecule is O=S(=O)([O-])C(F)(F)C(F)(F)OCOC(F)(F)C(F)(F)SOO[O-]. The van der Waals surface area contributed by atoms with Crippen LogP contribution in [0.15, 0.2) is 0 Å². The molecule has 0 aliphatic heterocycles. The first-order valence-corrected chi connectivity index (χ1v) is 6.56. The average Bonchev–Trinajstić information content (AvgIpc) is 2.34. The lowest BCUT2D eigenvalue weighted by molar-refractivity contribution is -0.777. The van der Waals surface area contributed by atoms with E-state index in [1.54, 1.807) is 0 Å². The molecule has 0 amide bonds. The zero-order valence-corrected chi connectivity index (χ0v) is 11.4. The van der Waals surface area contributed by atoms with Gasteiger partial charge in [-0.1, -0.05) is 0 Å². The summed E-state index contributed by atoms with van der Waals surface area (Å²) in [6.45, 7) is -2.71. The Labute approximate surface area is 125 Å². The summed E-state index contributed by atoms with van der Waals surface area (Å²) in [4.78, 5) is 0. The molecule has 140 valence electrons. The van der Waals surface area contributed by atoms with Crippen molar-refractivity contribution in [3.63, 3.8) is 0 Å². The molecule has 0 saturated carbocycles. The number of alkyl halides is 8. The molecule has 0 saturated heterocycles. The fourth-order valence-corrected chi connectivity index (χ4v) is 1.22. The van der Waals surface area contributed by atoms with Crippen LogP contribution in [-0.4, -0.2) is 42.5 Å². The molecule has 0 aliphatic rings. The third-order valence-corrected chi connectivity index (χ3v) is 3.07. The zero-order chi connectivity index (χ0) is 18.7. The van der Waals surface area contributed by atoms with E-state index in [4.69, 9.17) is 0 Å². The van der Waals surface area contributed by atoms with Gasteiger partial charge in [0, 0.05) is 0 Å². The second kappa shape index (κ2) is 7.17. The Morgan fingerprint density at radius 1 is 0.913 bits per heavy atom. The highest BCUT2D eigenvalue weighted by Crippen LogP contribution is 2.45. The smallest absolute Gasteiger partial charge is 0.435 e. The van der Waals surface area contributed by atoms with Gasteiger partial charge in [-0.25, -0.2) is 8.42 Å². The van der Waals surface area contributed by atoms with E-state index in [1.165, 1.54) is 0 Å². The lowest BCUT2D eigenvalue weighted by Gasteiger charge is -2.29. The monoisotopic (exact) mass is 406 g/mol. The molecule has 18 heteroatoms. The molecule has 0 aliphatic carbocycles. The number of halogens is 8. The fraction of sp³-hybridized carbons (Fsp3) is 1.00. The van der Waals surface area contributed by atoms with E-state index < -0.39 is 51.7 Å². The van der Waals surface area contributed by atoms with Crippen LogP contribution in [0.2, 0.25) is 0 Å². The summed E-state index contributed by atoms with van der Waals surface area (Å²) in [6.07, 6.45) is -11.9. The van der Waals surface area contributed by atoms with E-state index in [0.29, 0.717) is 0 Å². The molecule has 0 aromatic heterocycles. The summed E-state index contributed by atoms with van der Waals surface area (Å²) in [5, 5.41) is -0.345. The molecule has 0 aromatic carbocycles. The maximum absolute atomic E-state index is 12.7. The van der Waals surface area contributed by atoms with Gasteiger partial charge in [-0.05, 0) is 0 Å². The molecule has 0 fully saturated rings.